The smallest absolute Gasteiger partial charge is 0.107 e. The first-order valence-electron chi connectivity index (χ1n) is 7.07. The van der Waals surface area contributed by atoms with Crippen molar-refractivity contribution in [2.45, 2.75) is 84.8 Å². The largest absolute Gasteiger partial charge is 0.313 e. The topological polar surface area (TPSA) is 53.0 Å². The Morgan fingerprint density at radius 3 is 1.50 bits per heavy atom. The summed E-state index contributed by atoms with van der Waals surface area (Å²) in [6.07, 6.45) is 1.47. The zero-order chi connectivity index (χ0) is 15.2. The first-order valence-corrected chi connectivity index (χ1v) is 7.07. The third-order valence-electron chi connectivity index (χ3n) is 3.53. The molecule has 0 aliphatic carbocycles. The van der Waals surface area contributed by atoms with Crippen LogP contribution >= 0.6 is 0 Å². The molecule has 0 aromatic rings. The molecule has 0 atom stereocenters. The molecule has 1 aliphatic heterocycles. The van der Waals surface area contributed by atoms with Crippen LogP contribution in [0.15, 0.2) is 0 Å². The van der Waals surface area contributed by atoms with Crippen molar-refractivity contribution >= 4 is 0 Å². The molecule has 0 unspecified atom stereocenters. The molecule has 3 heteroatoms. The molecule has 0 aromatic carbocycles. The van der Waals surface area contributed by atoms with Gasteiger partial charge in [0.25, 0.3) is 0 Å². The highest BCUT2D eigenvalue weighted by Gasteiger charge is 2.49. The van der Waals surface area contributed by atoms with Crippen LogP contribution in [0.4, 0.5) is 0 Å². The summed E-state index contributed by atoms with van der Waals surface area (Å²) in [7, 11) is 2.11. The van der Waals surface area contributed by atoms with E-state index in [9.17, 15) is 0 Å². The molecule has 0 bridgehead atoms. The molecule has 0 amide bonds. The average Bonchev–Trinajstić information content (AvgIpc) is 2.30. The van der Waals surface area contributed by atoms with E-state index in [-0.39, 0.29) is 12.5 Å². The lowest BCUT2D eigenvalue weighted by Crippen LogP contribution is -2.66. The Morgan fingerprint density at radius 1 is 1.00 bits per heavy atom. The summed E-state index contributed by atoms with van der Waals surface area (Å²) in [5.41, 5.74) is 5.40. The number of hydrogen-bond donors (Lipinski definition) is 1. The van der Waals surface area contributed by atoms with Gasteiger partial charge in [-0.25, -0.2) is 0 Å². The Kier molecular flexibility index (Phi) is 7.80. The normalized spacial score (nSPS) is 23.6. The van der Waals surface area contributed by atoms with Gasteiger partial charge in [0.1, 0.15) is 5.54 Å². The van der Waals surface area contributed by atoms with Crippen LogP contribution in [-0.2, 0) is 0 Å². The fourth-order valence-electron chi connectivity index (χ4n) is 2.74. The van der Waals surface area contributed by atoms with Gasteiger partial charge in [-0.2, -0.15) is 5.26 Å². The van der Waals surface area contributed by atoms with E-state index in [0.29, 0.717) is 0 Å². The number of piperidine rings is 1. The third-order valence-corrected chi connectivity index (χ3v) is 3.53. The number of nitriles is 1. The highest BCUT2D eigenvalue weighted by Crippen LogP contribution is 2.40. The molecular weight excluding hydrogens is 222 g/mol. The zero-order valence-corrected chi connectivity index (χ0v) is 13.9. The van der Waals surface area contributed by atoms with E-state index in [1.807, 2.05) is 27.7 Å². The molecule has 0 aromatic heterocycles. The molecule has 1 saturated heterocycles. The van der Waals surface area contributed by atoms with Crippen LogP contribution in [0, 0.1) is 11.3 Å². The molecule has 2 N–H and O–H groups in total. The number of hydrogen-bond acceptors (Lipinski definition) is 3. The van der Waals surface area contributed by atoms with Crippen LogP contribution in [-0.4, -0.2) is 28.6 Å². The van der Waals surface area contributed by atoms with Gasteiger partial charge in [-0.15, -0.1) is 0 Å². The van der Waals surface area contributed by atoms with Gasteiger partial charge in [0.2, 0.25) is 0 Å². The third kappa shape index (κ3) is 4.59. The standard InChI is InChI=1S/C11H21N3.2C2H6.H2/c1-9(2)6-11(13,8-12)7-10(3,4)14(9)5;2*1-2;/h6-7,13H2,1-5H3;2*1-2H3;1H. The van der Waals surface area contributed by atoms with Crippen molar-refractivity contribution in [2.24, 2.45) is 5.73 Å². The summed E-state index contributed by atoms with van der Waals surface area (Å²) in [4.78, 5) is 2.32. The number of rotatable bonds is 0. The van der Waals surface area contributed by atoms with Gasteiger partial charge in [0.05, 0.1) is 6.07 Å². The second-order valence-corrected chi connectivity index (χ2v) is 5.81. The Bertz CT molecular complexity index is 262. The van der Waals surface area contributed by atoms with E-state index in [2.05, 4.69) is 45.7 Å². The highest BCUT2D eigenvalue weighted by molar-refractivity contribution is 5.16. The fourth-order valence-corrected chi connectivity index (χ4v) is 2.74. The Balaban J connectivity index is -0.000000467. The van der Waals surface area contributed by atoms with E-state index in [1.165, 1.54) is 0 Å². The molecule has 1 heterocycles. The van der Waals surface area contributed by atoms with Crippen LogP contribution in [0.1, 0.15) is 69.7 Å². The number of nitrogens with two attached hydrogens (primary N) is 1. The summed E-state index contributed by atoms with van der Waals surface area (Å²) in [6, 6.07) is 2.26. The van der Waals surface area contributed by atoms with E-state index in [4.69, 9.17) is 11.0 Å². The van der Waals surface area contributed by atoms with Gasteiger partial charge in [-0.1, -0.05) is 27.7 Å². The first-order chi connectivity index (χ1) is 8.13. The van der Waals surface area contributed by atoms with Crippen molar-refractivity contribution in [3.05, 3.63) is 0 Å². The number of nitrogens with zero attached hydrogens (tertiary/aromatic N) is 2. The first kappa shape index (κ1) is 19.7. The molecule has 18 heavy (non-hydrogen) atoms. The van der Waals surface area contributed by atoms with Crippen molar-refractivity contribution in [1.82, 2.24) is 4.90 Å². The van der Waals surface area contributed by atoms with Crippen LogP contribution < -0.4 is 5.73 Å². The van der Waals surface area contributed by atoms with Crippen molar-refractivity contribution in [1.29, 1.82) is 5.26 Å². The van der Waals surface area contributed by atoms with Crippen molar-refractivity contribution < 1.29 is 1.43 Å². The molecule has 0 spiro atoms. The van der Waals surface area contributed by atoms with Gasteiger partial charge < -0.3 is 5.73 Å². The fraction of sp³-hybridized carbons (Fsp3) is 0.933. The van der Waals surface area contributed by atoms with Gasteiger partial charge in [0.15, 0.2) is 0 Å². The molecule has 3 nitrogen and oxygen atoms in total. The van der Waals surface area contributed by atoms with Gasteiger partial charge in [-0.3, -0.25) is 4.90 Å². The summed E-state index contributed by atoms with van der Waals surface area (Å²) in [5, 5.41) is 9.11. The average molecular weight is 257 g/mol. The lowest BCUT2D eigenvalue weighted by Gasteiger charge is -2.55. The van der Waals surface area contributed by atoms with Crippen LogP contribution in [0.25, 0.3) is 0 Å². The minimum atomic E-state index is -0.667. The van der Waals surface area contributed by atoms with E-state index < -0.39 is 5.54 Å². The maximum Gasteiger partial charge on any atom is 0.107 e. The lowest BCUT2D eigenvalue weighted by atomic mass is 9.70. The van der Waals surface area contributed by atoms with Gasteiger partial charge >= 0.3 is 0 Å². The second kappa shape index (κ2) is 7.11. The SMILES string of the molecule is CC.CC.CN1C(C)(C)CC(N)(C#N)CC1(C)C.[HH]. The Morgan fingerprint density at radius 2 is 1.28 bits per heavy atom. The highest BCUT2D eigenvalue weighted by atomic mass is 15.2. The van der Waals surface area contributed by atoms with Gasteiger partial charge in [-0.05, 0) is 47.6 Å². The zero-order valence-electron chi connectivity index (χ0n) is 13.9. The molecule has 0 radical (unpaired) electrons. The molecule has 0 saturated carbocycles. The summed E-state index contributed by atoms with van der Waals surface area (Å²) in [6.45, 7) is 16.6. The molecule has 1 aliphatic rings. The monoisotopic (exact) mass is 257 g/mol. The van der Waals surface area contributed by atoms with E-state index in [0.717, 1.165) is 12.8 Å². The van der Waals surface area contributed by atoms with Crippen LogP contribution in [0.2, 0.25) is 0 Å². The molecule has 110 valence electrons. The van der Waals surface area contributed by atoms with E-state index in [1.54, 1.807) is 0 Å². The maximum atomic E-state index is 9.11. The van der Waals surface area contributed by atoms with Crippen molar-refractivity contribution in [2.75, 3.05) is 7.05 Å². The predicted molar refractivity (Wildman–Crippen MR) is 82.5 cm³/mol. The van der Waals surface area contributed by atoms with Crippen molar-refractivity contribution in [3.63, 3.8) is 0 Å². The van der Waals surface area contributed by atoms with Crippen molar-refractivity contribution in [3.8, 4) is 6.07 Å². The summed E-state index contributed by atoms with van der Waals surface area (Å²) >= 11 is 0. The summed E-state index contributed by atoms with van der Waals surface area (Å²) in [5.74, 6) is 0. The van der Waals surface area contributed by atoms with Gasteiger partial charge in [0, 0.05) is 12.5 Å². The second-order valence-electron chi connectivity index (χ2n) is 5.81. The quantitative estimate of drug-likeness (QED) is 0.718. The summed E-state index contributed by atoms with van der Waals surface area (Å²) < 4.78 is 0. The molecular formula is C15H35N3. The van der Waals surface area contributed by atoms with E-state index >= 15 is 0 Å². The molecule has 1 rings (SSSR count). The predicted octanol–water partition coefficient (Wildman–Crippen LogP) is 3.79. The minimum Gasteiger partial charge on any atom is -0.313 e. The Labute approximate surface area is 116 Å². The maximum absolute atomic E-state index is 9.11. The lowest BCUT2D eigenvalue weighted by molar-refractivity contribution is -0.0262. The minimum absolute atomic E-state index is 0. The van der Waals surface area contributed by atoms with Crippen LogP contribution in [0.5, 0.6) is 0 Å². The Hall–Kier alpha value is -0.590. The molecule has 1 fully saturated rings. The van der Waals surface area contributed by atoms with Crippen LogP contribution in [0.3, 0.4) is 0 Å². The number of likely N-dealkylation sites (tertiary alicyclic amines) is 1.